The number of hydrogen-bond donors (Lipinski definition) is 8. The van der Waals surface area contributed by atoms with Crippen LogP contribution < -0.4 is 22.1 Å². The first-order chi connectivity index (χ1) is 10.6. The highest BCUT2D eigenvalue weighted by Crippen LogP contribution is 2.18. The van der Waals surface area contributed by atoms with E-state index in [-0.39, 0.29) is 5.96 Å². The lowest BCUT2D eigenvalue weighted by atomic mass is 10.2. The molecule has 11 nitrogen and oxygen atoms in total. The third kappa shape index (κ3) is 9.55. The Kier molecular flexibility index (Phi) is 9.69. The largest absolute Gasteiger partial charge is 0.480 e. The van der Waals surface area contributed by atoms with Gasteiger partial charge in [-0.2, -0.15) is 0 Å². The van der Waals surface area contributed by atoms with Gasteiger partial charge in [0.25, 0.3) is 0 Å². The number of carbonyl (C=O) groups is 3. The van der Waals surface area contributed by atoms with Crippen molar-refractivity contribution in [3.63, 3.8) is 0 Å². The van der Waals surface area contributed by atoms with Gasteiger partial charge in [-0.15, -0.1) is 11.8 Å². The number of nitrogens with two attached hydrogens (primary N) is 2. The van der Waals surface area contributed by atoms with E-state index in [1.54, 1.807) is 0 Å². The number of rotatable bonds is 7. The summed E-state index contributed by atoms with van der Waals surface area (Å²) in [5, 5.41) is 36.3. The van der Waals surface area contributed by atoms with Gasteiger partial charge in [-0.1, -0.05) is 0 Å². The van der Waals surface area contributed by atoms with Crippen LogP contribution in [0.1, 0.15) is 12.8 Å². The molecule has 3 unspecified atom stereocenters. The van der Waals surface area contributed by atoms with E-state index in [9.17, 15) is 14.4 Å². The maximum Gasteiger partial charge on any atom is 0.331 e. The molecule has 3 atom stereocenters. The molecule has 1 aliphatic heterocycles. The SMILES string of the molecule is N=C(N)NCCCC(N)C(=O)O.O=C(O)C1CSC(C(=O)O)N1. The van der Waals surface area contributed by atoms with Crippen molar-refractivity contribution in [2.24, 2.45) is 11.5 Å². The van der Waals surface area contributed by atoms with E-state index < -0.39 is 35.4 Å². The molecule has 1 fully saturated rings. The predicted molar refractivity (Wildman–Crippen MR) is 83.2 cm³/mol. The fourth-order valence-corrected chi connectivity index (χ4v) is 2.45. The smallest absolute Gasteiger partial charge is 0.331 e. The molecule has 1 saturated heterocycles. The van der Waals surface area contributed by atoms with E-state index in [1.807, 2.05) is 0 Å². The van der Waals surface area contributed by atoms with E-state index in [0.717, 1.165) is 11.8 Å². The summed E-state index contributed by atoms with van der Waals surface area (Å²) in [6.07, 6.45) is 0.975. The highest BCUT2D eigenvalue weighted by Gasteiger charge is 2.33. The molecule has 1 aliphatic rings. The highest BCUT2D eigenvalue weighted by molar-refractivity contribution is 8.00. The molecule has 10 N–H and O–H groups in total. The summed E-state index contributed by atoms with van der Waals surface area (Å²) in [5.74, 6) is -2.82. The lowest BCUT2D eigenvalue weighted by Crippen LogP contribution is -2.39. The fraction of sp³-hybridized carbons (Fsp3) is 0.636. The number of aliphatic carboxylic acids is 3. The Morgan fingerprint density at radius 3 is 2.26 bits per heavy atom. The van der Waals surface area contributed by atoms with Gasteiger partial charge in [-0.25, -0.2) is 4.79 Å². The Labute approximate surface area is 136 Å². The highest BCUT2D eigenvalue weighted by atomic mass is 32.2. The minimum absolute atomic E-state index is 0.112. The monoisotopic (exact) mass is 351 g/mol. The van der Waals surface area contributed by atoms with Gasteiger partial charge in [0, 0.05) is 12.3 Å². The van der Waals surface area contributed by atoms with Crippen LogP contribution in [0.15, 0.2) is 0 Å². The van der Waals surface area contributed by atoms with Crippen LogP contribution in [0.4, 0.5) is 0 Å². The summed E-state index contributed by atoms with van der Waals surface area (Å²) in [6, 6.07) is -1.54. The van der Waals surface area contributed by atoms with Crippen LogP contribution in [0.5, 0.6) is 0 Å². The second kappa shape index (κ2) is 10.6. The Hall–Kier alpha value is -2.05. The van der Waals surface area contributed by atoms with Gasteiger partial charge >= 0.3 is 17.9 Å². The third-order valence-electron chi connectivity index (χ3n) is 2.63. The molecule has 12 heteroatoms. The van der Waals surface area contributed by atoms with Gasteiger partial charge in [0.15, 0.2) is 11.3 Å². The van der Waals surface area contributed by atoms with Crippen LogP contribution in [-0.2, 0) is 14.4 Å². The first-order valence-corrected chi connectivity index (χ1v) is 7.59. The normalized spacial score (nSPS) is 20.7. The van der Waals surface area contributed by atoms with E-state index in [0.29, 0.717) is 25.1 Å². The van der Waals surface area contributed by atoms with Crippen LogP contribution in [0.2, 0.25) is 0 Å². The van der Waals surface area contributed by atoms with Gasteiger partial charge in [0.1, 0.15) is 12.1 Å². The van der Waals surface area contributed by atoms with E-state index in [4.69, 9.17) is 32.2 Å². The summed E-state index contributed by atoms with van der Waals surface area (Å²) in [5.41, 5.74) is 10.2. The third-order valence-corrected chi connectivity index (χ3v) is 3.83. The van der Waals surface area contributed by atoms with Crippen molar-refractivity contribution >= 4 is 35.6 Å². The molecule has 0 bridgehead atoms. The molecule has 0 amide bonds. The maximum absolute atomic E-state index is 10.3. The molecule has 0 spiro atoms. The molecule has 1 heterocycles. The van der Waals surface area contributed by atoms with E-state index in [2.05, 4.69) is 10.6 Å². The van der Waals surface area contributed by atoms with Crippen molar-refractivity contribution in [2.75, 3.05) is 12.3 Å². The van der Waals surface area contributed by atoms with E-state index in [1.165, 1.54) is 0 Å². The van der Waals surface area contributed by atoms with Crippen molar-refractivity contribution in [1.29, 1.82) is 5.41 Å². The Morgan fingerprint density at radius 1 is 1.30 bits per heavy atom. The second-order valence-corrected chi connectivity index (χ2v) is 5.67. The van der Waals surface area contributed by atoms with Crippen molar-refractivity contribution in [3.8, 4) is 0 Å². The molecule has 132 valence electrons. The molecule has 0 aromatic carbocycles. The second-order valence-electron chi connectivity index (χ2n) is 4.54. The predicted octanol–water partition coefficient (Wildman–Crippen LogP) is -2.15. The summed E-state index contributed by atoms with van der Waals surface area (Å²) in [6.45, 7) is 0.482. The van der Waals surface area contributed by atoms with Crippen molar-refractivity contribution in [1.82, 2.24) is 10.6 Å². The molecule has 23 heavy (non-hydrogen) atoms. The maximum atomic E-state index is 10.3. The van der Waals surface area contributed by atoms with E-state index >= 15 is 0 Å². The number of thioether (sulfide) groups is 1. The fourth-order valence-electron chi connectivity index (χ4n) is 1.43. The number of hydrogen-bond acceptors (Lipinski definition) is 7. The molecule has 1 rings (SSSR count). The zero-order valence-corrected chi connectivity index (χ0v) is 13.0. The Balaban J connectivity index is 0.000000422. The summed E-state index contributed by atoms with van der Waals surface area (Å²) in [7, 11) is 0. The van der Waals surface area contributed by atoms with Crippen molar-refractivity contribution in [3.05, 3.63) is 0 Å². The van der Waals surface area contributed by atoms with Crippen LogP contribution in [0, 0.1) is 5.41 Å². The average Bonchev–Trinajstić information content (AvgIpc) is 2.94. The van der Waals surface area contributed by atoms with Gasteiger partial charge in [0.05, 0.1) is 0 Å². The first-order valence-electron chi connectivity index (χ1n) is 6.54. The number of guanidine groups is 1. The number of carboxylic acids is 3. The molecule has 0 aromatic heterocycles. The van der Waals surface area contributed by atoms with Crippen LogP contribution >= 0.6 is 11.8 Å². The summed E-state index contributed by atoms with van der Waals surface area (Å²) in [4.78, 5) is 30.8. The van der Waals surface area contributed by atoms with Crippen LogP contribution in [0.3, 0.4) is 0 Å². The van der Waals surface area contributed by atoms with Gasteiger partial charge in [-0.3, -0.25) is 20.3 Å². The quantitative estimate of drug-likeness (QED) is 0.141. The standard InChI is InChI=1S/C6H14N4O2.C5H7NO4S/c7-4(5(11)12)2-1-3-10-6(8)9;7-4(8)2-1-11-3(6-2)5(9)10/h4H,1-3,7H2,(H,11,12)(H4,8,9,10);2-3,6H,1H2,(H,7,8)(H,9,10). The molecular formula is C11H21N5O6S. The van der Waals surface area contributed by atoms with Gasteiger partial charge < -0.3 is 32.1 Å². The average molecular weight is 351 g/mol. The molecule has 0 aromatic rings. The minimum Gasteiger partial charge on any atom is -0.480 e. The molecule has 0 aliphatic carbocycles. The Bertz CT molecular complexity index is 429. The zero-order chi connectivity index (χ0) is 18.0. The first kappa shape index (κ1) is 20.9. The molecule has 0 saturated carbocycles. The lowest BCUT2D eigenvalue weighted by Gasteiger charge is -2.06. The van der Waals surface area contributed by atoms with Gasteiger partial charge in [0.2, 0.25) is 0 Å². The number of nitrogens with one attached hydrogen (secondary N) is 3. The minimum atomic E-state index is -1.02. The Morgan fingerprint density at radius 2 is 1.91 bits per heavy atom. The number of carboxylic acid groups (broad SMARTS) is 3. The van der Waals surface area contributed by atoms with Crippen molar-refractivity contribution in [2.45, 2.75) is 30.3 Å². The zero-order valence-electron chi connectivity index (χ0n) is 12.2. The lowest BCUT2D eigenvalue weighted by molar-refractivity contribution is -0.140. The molecule has 0 radical (unpaired) electrons. The summed E-state index contributed by atoms with van der Waals surface area (Å²) < 4.78 is 0. The summed E-state index contributed by atoms with van der Waals surface area (Å²) >= 11 is 1.10. The van der Waals surface area contributed by atoms with Crippen LogP contribution in [0.25, 0.3) is 0 Å². The molecular weight excluding hydrogens is 330 g/mol. The van der Waals surface area contributed by atoms with Gasteiger partial charge in [-0.05, 0) is 12.8 Å². The van der Waals surface area contributed by atoms with Crippen molar-refractivity contribution < 1.29 is 29.7 Å². The topological polar surface area (TPSA) is 212 Å². The van der Waals surface area contributed by atoms with Crippen LogP contribution in [-0.4, -0.2) is 68.9 Å².